The van der Waals surface area contributed by atoms with E-state index in [1.165, 1.54) is 16.2 Å². The molecule has 11 heavy (non-hydrogen) atoms. The summed E-state index contributed by atoms with van der Waals surface area (Å²) in [5, 5.41) is 2.13. The van der Waals surface area contributed by atoms with Crippen molar-refractivity contribution < 1.29 is 24.0 Å². The van der Waals surface area contributed by atoms with Crippen LogP contribution in [-0.2, 0) is 0 Å². The van der Waals surface area contributed by atoms with Gasteiger partial charge in [-0.1, -0.05) is 24.3 Å². The molecule has 0 radical (unpaired) electrons. The van der Waals surface area contributed by atoms with Gasteiger partial charge in [-0.15, -0.1) is 0 Å². The summed E-state index contributed by atoms with van der Waals surface area (Å²) in [4.78, 5) is 1.37. The van der Waals surface area contributed by atoms with Gasteiger partial charge in [-0.25, -0.2) is 0 Å². The Labute approximate surface area is 88.6 Å². The van der Waals surface area contributed by atoms with Crippen LogP contribution < -0.4 is 24.0 Å². The molecule has 0 spiro atoms. The lowest BCUT2D eigenvalue weighted by atomic mass is 10.4. The minimum Gasteiger partial charge on any atom is -1.00 e. The van der Waals surface area contributed by atoms with E-state index < -0.39 is 0 Å². The second-order valence-corrected chi connectivity index (χ2v) is 3.31. The van der Waals surface area contributed by atoms with Crippen LogP contribution in [-0.4, -0.2) is 0 Å². The van der Waals surface area contributed by atoms with Gasteiger partial charge in [0.1, 0.15) is 10.3 Å². The summed E-state index contributed by atoms with van der Waals surface area (Å²) in [7, 11) is 0. The molecule has 1 heterocycles. The molecule has 0 fully saturated rings. The zero-order chi connectivity index (χ0) is 7.23. The molecule has 0 saturated carbocycles. The molecule has 0 amide bonds. The van der Waals surface area contributed by atoms with Gasteiger partial charge in [-0.05, 0) is 23.5 Å². The fourth-order valence-corrected chi connectivity index (χ4v) is 1.23. The van der Waals surface area contributed by atoms with Crippen LogP contribution >= 0.6 is 11.3 Å². The second kappa shape index (κ2) is 6.61. The van der Waals surface area contributed by atoms with Crippen molar-refractivity contribution in [3.8, 4) is 0 Å². The molecule has 0 atom stereocenters. The lowest BCUT2D eigenvalue weighted by Gasteiger charge is -1.67. The second-order valence-electron chi connectivity index (χ2n) is 2.05. The lowest BCUT2D eigenvalue weighted by Crippen LogP contribution is -3.00. The van der Waals surface area contributed by atoms with Crippen LogP contribution in [0.5, 0.6) is 0 Å². The van der Waals surface area contributed by atoms with E-state index in [1.807, 2.05) is 18.2 Å². The minimum absolute atomic E-state index is 0. The Morgan fingerprint density at radius 1 is 1.00 bits per heavy atom. The van der Waals surface area contributed by atoms with Gasteiger partial charge in [0.2, 0.25) is 0 Å². The van der Waals surface area contributed by atoms with E-state index in [2.05, 4.69) is 30.5 Å². The smallest absolute Gasteiger partial charge is 0.144 e. The van der Waals surface area contributed by atoms with Gasteiger partial charge in [0, 0.05) is 6.92 Å². The van der Waals surface area contributed by atoms with E-state index in [4.69, 9.17) is 0 Å². The topological polar surface area (TPSA) is 0 Å². The zero-order valence-electron chi connectivity index (χ0n) is 6.37. The number of aryl methyl sites for hydroxylation is 1. The van der Waals surface area contributed by atoms with Gasteiger partial charge in [-0.3, -0.25) is 0 Å². The van der Waals surface area contributed by atoms with E-state index in [-0.39, 0.29) is 24.0 Å². The molecule has 0 nitrogen and oxygen atoms in total. The first-order valence-electron chi connectivity index (χ1n) is 3.27. The molecular weight excluding hydrogens is 267 g/mol. The third-order valence-corrected chi connectivity index (χ3v) is 2.02. The predicted octanol–water partition coefficient (Wildman–Crippen LogP) is -0.0828. The number of hydrogen-bond donors (Lipinski definition) is 0. The largest absolute Gasteiger partial charge is 1.00 e. The van der Waals surface area contributed by atoms with Crippen molar-refractivity contribution in [2.75, 3.05) is 0 Å². The van der Waals surface area contributed by atoms with Gasteiger partial charge < -0.3 is 24.0 Å². The molecule has 0 N–H and O–H groups in total. The molecule has 0 aromatic carbocycles. The van der Waals surface area contributed by atoms with Crippen molar-refractivity contribution in [1.29, 1.82) is 0 Å². The Morgan fingerprint density at radius 3 is 2.45 bits per heavy atom. The molecule has 0 aliphatic carbocycles. The van der Waals surface area contributed by atoms with Crippen molar-refractivity contribution >= 4 is 11.3 Å². The molecule has 0 unspecified atom stereocenters. The average Bonchev–Trinajstić information content (AvgIpc) is 2.02. The van der Waals surface area contributed by atoms with Gasteiger partial charge in [-0.2, -0.15) is 0 Å². The summed E-state index contributed by atoms with van der Waals surface area (Å²) in [5.41, 5.74) is 0. The SMILES string of the molecule is Cc1ccccccc[sH+]1.[I-]. The molecule has 1 aromatic rings. The monoisotopic (exact) mass is 278 g/mol. The van der Waals surface area contributed by atoms with Crippen molar-refractivity contribution in [2.45, 2.75) is 6.92 Å². The molecule has 0 saturated heterocycles. The molecule has 0 aliphatic heterocycles. The summed E-state index contributed by atoms with van der Waals surface area (Å²) in [5.74, 6) is 0. The van der Waals surface area contributed by atoms with Crippen molar-refractivity contribution in [3.05, 3.63) is 46.7 Å². The maximum Gasteiger partial charge on any atom is 0.144 e. The van der Waals surface area contributed by atoms with Crippen molar-refractivity contribution in [1.82, 2.24) is 0 Å². The Kier molecular flexibility index (Phi) is 6.56. The summed E-state index contributed by atoms with van der Waals surface area (Å²) >= 11 is 1.29. The molecule has 1 rings (SSSR count). The molecular formula is C9H11IS. The Morgan fingerprint density at radius 2 is 1.64 bits per heavy atom. The van der Waals surface area contributed by atoms with Crippen LogP contribution in [0, 0.1) is 6.92 Å². The molecule has 2 heteroatoms. The van der Waals surface area contributed by atoms with Crippen molar-refractivity contribution in [2.24, 2.45) is 0 Å². The first kappa shape index (κ1) is 10.9. The average molecular weight is 278 g/mol. The van der Waals surface area contributed by atoms with Crippen LogP contribution in [0.3, 0.4) is 0 Å². The van der Waals surface area contributed by atoms with E-state index in [1.54, 1.807) is 0 Å². The lowest BCUT2D eigenvalue weighted by molar-refractivity contribution is -0.00000202. The Balaban J connectivity index is 0.000001000. The molecule has 60 valence electrons. The van der Waals surface area contributed by atoms with Crippen LogP contribution in [0.4, 0.5) is 0 Å². The summed E-state index contributed by atoms with van der Waals surface area (Å²) in [6, 6.07) is 12.4. The summed E-state index contributed by atoms with van der Waals surface area (Å²) in [6.45, 7) is 2.13. The van der Waals surface area contributed by atoms with Crippen LogP contribution in [0.25, 0.3) is 0 Å². The Bertz CT molecular complexity index is 217. The van der Waals surface area contributed by atoms with Crippen molar-refractivity contribution in [3.63, 3.8) is 0 Å². The highest BCUT2D eigenvalue weighted by molar-refractivity contribution is 7.09. The van der Waals surface area contributed by atoms with E-state index in [9.17, 15) is 0 Å². The van der Waals surface area contributed by atoms with E-state index in [0.717, 1.165) is 0 Å². The zero-order valence-corrected chi connectivity index (χ0v) is 9.42. The van der Waals surface area contributed by atoms with Gasteiger partial charge >= 0.3 is 0 Å². The van der Waals surface area contributed by atoms with Crippen LogP contribution in [0.2, 0.25) is 0 Å². The third kappa shape index (κ3) is 5.21. The molecule has 1 aromatic heterocycles. The summed E-state index contributed by atoms with van der Waals surface area (Å²) < 4.78 is 0. The first-order chi connectivity index (χ1) is 4.89. The normalized spacial score (nSPS) is 7.73. The van der Waals surface area contributed by atoms with Gasteiger partial charge in [0.05, 0.1) is 0 Å². The quantitative estimate of drug-likeness (QED) is 0.460. The number of rotatable bonds is 0. The highest BCUT2D eigenvalue weighted by atomic mass is 127. The summed E-state index contributed by atoms with van der Waals surface area (Å²) in [6.07, 6.45) is 0. The molecule has 0 bridgehead atoms. The maximum absolute atomic E-state index is 2.13. The number of hydrogen-bond acceptors (Lipinski definition) is 0. The highest BCUT2D eigenvalue weighted by Crippen LogP contribution is 1.99. The fourth-order valence-electron chi connectivity index (χ4n) is 0.641. The van der Waals surface area contributed by atoms with Crippen LogP contribution in [0.1, 0.15) is 4.88 Å². The molecule has 0 aliphatic rings. The first-order valence-corrected chi connectivity index (χ1v) is 4.23. The Hall–Kier alpha value is -0.0900. The van der Waals surface area contributed by atoms with Gasteiger partial charge in [0.15, 0.2) is 0 Å². The predicted molar refractivity (Wildman–Crippen MR) is 48.1 cm³/mol. The maximum atomic E-state index is 2.13. The standard InChI is InChI=1S/C9H10S.HI/c1-9-7-5-3-2-4-6-8-10-9;/h2-8H,1H3;1H. The number of halogens is 1. The fraction of sp³-hybridized carbons (Fsp3) is 0.111. The van der Waals surface area contributed by atoms with E-state index >= 15 is 0 Å². The third-order valence-electron chi connectivity index (χ3n) is 1.15. The minimum atomic E-state index is 0. The van der Waals surface area contributed by atoms with Crippen LogP contribution in [0.15, 0.2) is 41.8 Å². The highest BCUT2D eigenvalue weighted by Gasteiger charge is 1.79. The van der Waals surface area contributed by atoms with E-state index in [0.29, 0.717) is 0 Å². The van der Waals surface area contributed by atoms with Gasteiger partial charge in [0.25, 0.3) is 0 Å².